The molecule has 0 aliphatic carbocycles. The second-order valence-electron chi connectivity index (χ2n) is 4.46. The van der Waals surface area contributed by atoms with Gasteiger partial charge in [-0.2, -0.15) is 0 Å². The first-order chi connectivity index (χ1) is 8.65. The quantitative estimate of drug-likeness (QED) is 0.802. The van der Waals surface area contributed by atoms with Crippen molar-refractivity contribution in [3.05, 3.63) is 28.6 Å². The van der Waals surface area contributed by atoms with Gasteiger partial charge in [-0.05, 0) is 24.6 Å². The number of hydrogen-bond donors (Lipinski definition) is 1. The number of rotatable bonds is 1. The van der Waals surface area contributed by atoms with E-state index in [0.717, 1.165) is 19.0 Å². The maximum atomic E-state index is 13.2. The zero-order valence-corrected chi connectivity index (χ0v) is 10.3. The highest BCUT2D eigenvalue weighted by molar-refractivity contribution is 6.13. The van der Waals surface area contributed by atoms with E-state index in [9.17, 15) is 9.18 Å². The van der Waals surface area contributed by atoms with Gasteiger partial charge in [-0.3, -0.25) is 9.55 Å². The molecule has 0 radical (unpaired) electrons. The number of nitrogens with zero attached hydrogens (tertiary/aromatic N) is 3. The number of aromatic amines is 1. The molecule has 0 saturated carbocycles. The molecule has 0 aromatic carbocycles. The number of piperidine rings is 1. The Kier molecular flexibility index (Phi) is 2.83. The topological polar surface area (TPSA) is 53.9 Å². The van der Waals surface area contributed by atoms with Crippen LogP contribution in [-0.2, 0) is 0 Å². The molecule has 2 aromatic rings. The molecule has 0 amide bonds. The highest BCUT2D eigenvalue weighted by Crippen LogP contribution is 2.25. The van der Waals surface area contributed by atoms with E-state index in [1.807, 2.05) is 0 Å². The molecule has 0 spiro atoms. The maximum absolute atomic E-state index is 13.2. The Balaban J connectivity index is 2.08. The molecule has 0 atom stereocenters. The van der Waals surface area contributed by atoms with Gasteiger partial charge in [-0.25, -0.2) is 18.6 Å². The second-order valence-corrected chi connectivity index (χ2v) is 4.94. The first kappa shape index (κ1) is 11.7. The largest absolute Gasteiger partial charge is 0.327 e. The fraction of sp³-hybridized carbons (Fsp3) is 0.455. The van der Waals surface area contributed by atoms with Gasteiger partial charge in [0.15, 0.2) is 5.65 Å². The summed E-state index contributed by atoms with van der Waals surface area (Å²) in [6.45, 7) is 1.43. The lowest BCUT2D eigenvalue weighted by Gasteiger charge is -2.27. The first-order valence-electron chi connectivity index (χ1n) is 5.81. The summed E-state index contributed by atoms with van der Waals surface area (Å²) in [5, 5.41) is 0. The van der Waals surface area contributed by atoms with Gasteiger partial charge in [-0.15, -0.1) is 0 Å². The number of hydrogen-bond acceptors (Lipinski definition) is 3. The van der Waals surface area contributed by atoms with E-state index in [4.69, 9.17) is 11.8 Å². The third-order valence-corrected chi connectivity index (χ3v) is 3.65. The van der Waals surface area contributed by atoms with E-state index >= 15 is 0 Å². The van der Waals surface area contributed by atoms with Crippen LogP contribution >= 0.6 is 11.8 Å². The summed E-state index contributed by atoms with van der Waals surface area (Å²) in [5.74, 6) is -0.440. The van der Waals surface area contributed by atoms with E-state index in [1.165, 1.54) is 6.07 Å². The van der Waals surface area contributed by atoms with E-state index in [-0.39, 0.29) is 11.7 Å². The van der Waals surface area contributed by atoms with E-state index < -0.39 is 5.82 Å². The predicted octanol–water partition coefficient (Wildman–Crippen LogP) is 1.65. The second kappa shape index (κ2) is 4.37. The fourth-order valence-electron chi connectivity index (χ4n) is 2.43. The minimum Gasteiger partial charge on any atom is -0.290 e. The van der Waals surface area contributed by atoms with Gasteiger partial charge < -0.3 is 0 Å². The molecule has 3 rings (SSSR count). The third-order valence-electron chi connectivity index (χ3n) is 3.31. The summed E-state index contributed by atoms with van der Waals surface area (Å²) in [4.78, 5) is 18.5. The molecule has 1 aliphatic rings. The van der Waals surface area contributed by atoms with Gasteiger partial charge >= 0.3 is 5.69 Å². The Bertz CT molecular complexity index is 629. The molecule has 7 heteroatoms. The van der Waals surface area contributed by atoms with Crippen LogP contribution in [0.25, 0.3) is 11.2 Å². The molecular formula is C11H12ClFN4O. The summed E-state index contributed by atoms with van der Waals surface area (Å²) < 4.78 is 16.5. The number of nitrogens with one attached hydrogen (secondary N) is 1. The molecule has 1 saturated heterocycles. The molecule has 0 unspecified atom stereocenters. The molecule has 1 aliphatic heterocycles. The van der Waals surface area contributed by atoms with Gasteiger partial charge in [-0.1, -0.05) is 0 Å². The van der Waals surface area contributed by atoms with Gasteiger partial charge in [0.25, 0.3) is 0 Å². The van der Waals surface area contributed by atoms with E-state index in [2.05, 4.69) is 9.97 Å². The van der Waals surface area contributed by atoms with Crippen LogP contribution < -0.4 is 5.69 Å². The van der Waals surface area contributed by atoms with Crippen molar-refractivity contribution in [2.24, 2.45) is 0 Å². The highest BCUT2D eigenvalue weighted by Gasteiger charge is 2.23. The summed E-state index contributed by atoms with van der Waals surface area (Å²) in [6, 6.07) is 1.39. The number of fused-ring (bicyclic) bond motifs is 1. The zero-order chi connectivity index (χ0) is 12.7. The van der Waals surface area contributed by atoms with Crippen LogP contribution in [0.15, 0.2) is 17.1 Å². The smallest absolute Gasteiger partial charge is 0.290 e. The third kappa shape index (κ3) is 1.91. The maximum Gasteiger partial charge on any atom is 0.327 e. The summed E-state index contributed by atoms with van der Waals surface area (Å²) in [5.41, 5.74) is 0.707. The molecule has 2 aromatic heterocycles. The Morgan fingerprint density at radius 1 is 1.44 bits per heavy atom. The Hall–Kier alpha value is -1.40. The summed E-state index contributed by atoms with van der Waals surface area (Å²) >= 11 is 5.89. The van der Waals surface area contributed by atoms with Crippen molar-refractivity contribution in [3.8, 4) is 0 Å². The molecule has 3 heterocycles. The molecular weight excluding hydrogens is 259 g/mol. The van der Waals surface area contributed by atoms with Crippen LogP contribution in [0.3, 0.4) is 0 Å². The van der Waals surface area contributed by atoms with Crippen LogP contribution in [0, 0.1) is 5.82 Å². The van der Waals surface area contributed by atoms with Crippen LogP contribution in [0.5, 0.6) is 0 Å². The van der Waals surface area contributed by atoms with Crippen LogP contribution in [-0.4, -0.2) is 32.0 Å². The van der Waals surface area contributed by atoms with Crippen molar-refractivity contribution in [3.63, 3.8) is 0 Å². The van der Waals surface area contributed by atoms with Crippen molar-refractivity contribution in [2.75, 3.05) is 13.1 Å². The van der Waals surface area contributed by atoms with Gasteiger partial charge in [0.1, 0.15) is 5.82 Å². The molecule has 1 N–H and O–H groups in total. The number of H-pyrrole nitrogens is 1. The average Bonchev–Trinajstić information content (AvgIpc) is 2.66. The van der Waals surface area contributed by atoms with Gasteiger partial charge in [0, 0.05) is 25.2 Å². The monoisotopic (exact) mass is 270 g/mol. The highest BCUT2D eigenvalue weighted by atomic mass is 35.5. The Morgan fingerprint density at radius 3 is 2.89 bits per heavy atom. The zero-order valence-electron chi connectivity index (χ0n) is 9.57. The SMILES string of the molecule is O=c1[nH]c2ncc(F)cc2n1C1CCN(Cl)CC1. The lowest BCUT2D eigenvalue weighted by molar-refractivity contribution is 0.283. The van der Waals surface area contributed by atoms with E-state index in [0.29, 0.717) is 24.3 Å². The number of imidazole rings is 1. The normalized spacial score (nSPS) is 18.6. The molecule has 1 fully saturated rings. The van der Waals surface area contributed by atoms with Crippen molar-refractivity contribution < 1.29 is 4.39 Å². The molecule has 18 heavy (non-hydrogen) atoms. The number of halogens is 2. The summed E-state index contributed by atoms with van der Waals surface area (Å²) in [7, 11) is 0. The predicted molar refractivity (Wildman–Crippen MR) is 66.0 cm³/mol. The standard InChI is InChI=1S/C11H12ClFN4O/c12-16-3-1-8(2-4-16)17-9-5-7(13)6-14-10(9)15-11(17)18/h5-6,8H,1-4H2,(H,14,15,18). The number of aromatic nitrogens is 3. The van der Waals surface area contributed by atoms with E-state index in [1.54, 1.807) is 8.99 Å². The van der Waals surface area contributed by atoms with Crippen LogP contribution in [0.2, 0.25) is 0 Å². The van der Waals surface area contributed by atoms with Crippen molar-refractivity contribution in [2.45, 2.75) is 18.9 Å². The fourth-order valence-corrected chi connectivity index (χ4v) is 2.63. The summed E-state index contributed by atoms with van der Waals surface area (Å²) in [6.07, 6.45) is 2.64. The lowest BCUT2D eigenvalue weighted by Crippen LogP contribution is -2.32. The number of pyridine rings is 1. The van der Waals surface area contributed by atoms with Gasteiger partial charge in [0.2, 0.25) is 0 Å². The first-order valence-corrected chi connectivity index (χ1v) is 6.15. The lowest BCUT2D eigenvalue weighted by atomic mass is 10.1. The average molecular weight is 271 g/mol. The van der Waals surface area contributed by atoms with Crippen LogP contribution in [0.1, 0.15) is 18.9 Å². The minimum atomic E-state index is -0.440. The van der Waals surface area contributed by atoms with Gasteiger partial charge in [0.05, 0.1) is 11.7 Å². The van der Waals surface area contributed by atoms with Crippen molar-refractivity contribution >= 4 is 22.9 Å². The van der Waals surface area contributed by atoms with Crippen molar-refractivity contribution in [1.29, 1.82) is 0 Å². The Morgan fingerprint density at radius 2 is 2.17 bits per heavy atom. The molecule has 96 valence electrons. The molecule has 5 nitrogen and oxygen atoms in total. The molecule has 0 bridgehead atoms. The Labute approximate surface area is 107 Å². The minimum absolute atomic E-state index is 0.0462. The van der Waals surface area contributed by atoms with Crippen LogP contribution in [0.4, 0.5) is 4.39 Å². The van der Waals surface area contributed by atoms with Crippen molar-refractivity contribution in [1.82, 2.24) is 19.0 Å².